The minimum atomic E-state index is -1.19. The van der Waals surface area contributed by atoms with Gasteiger partial charge in [-0.2, -0.15) is 0 Å². The summed E-state index contributed by atoms with van der Waals surface area (Å²) < 4.78 is 0. The van der Waals surface area contributed by atoms with Crippen molar-refractivity contribution in [2.24, 2.45) is 0 Å². The molecule has 1 aliphatic rings. The van der Waals surface area contributed by atoms with Crippen molar-refractivity contribution in [3.63, 3.8) is 0 Å². The van der Waals surface area contributed by atoms with Gasteiger partial charge in [0.05, 0.1) is 22.4 Å². The Bertz CT molecular complexity index is 840. The van der Waals surface area contributed by atoms with Gasteiger partial charge < -0.3 is 10.4 Å². The average Bonchev–Trinajstić information content (AvgIpc) is 2.80. The third-order valence-corrected chi connectivity index (χ3v) is 3.61. The summed E-state index contributed by atoms with van der Waals surface area (Å²) in [5.74, 6) is -2.93. The van der Waals surface area contributed by atoms with Crippen molar-refractivity contribution >= 4 is 29.4 Å². The molecule has 1 heterocycles. The number of nitrogens with zero attached hydrogens (tertiary/aromatic N) is 1. The molecule has 2 aromatic rings. The normalized spacial score (nSPS) is 12.9. The molecule has 24 heavy (non-hydrogen) atoms. The molecule has 0 aromatic heterocycles. The zero-order valence-electron chi connectivity index (χ0n) is 12.4. The minimum absolute atomic E-state index is 0.0757. The molecule has 0 spiro atoms. The van der Waals surface area contributed by atoms with Gasteiger partial charge in [0.25, 0.3) is 11.8 Å². The van der Waals surface area contributed by atoms with Crippen LogP contribution in [0, 0.1) is 0 Å². The summed E-state index contributed by atoms with van der Waals surface area (Å²) in [6.07, 6.45) is 0. The molecule has 0 bridgehead atoms. The summed E-state index contributed by atoms with van der Waals surface area (Å²) >= 11 is 0. The van der Waals surface area contributed by atoms with Gasteiger partial charge in [0.2, 0.25) is 5.91 Å². The standard InChI is InChI=1S/C17H12N2O5/c20-14(18-13-8-4-3-7-12(13)17(23)24)9-19-15(21)10-5-1-2-6-11(10)16(19)22/h1-8H,9H2,(H,18,20)(H,23,24). The van der Waals surface area contributed by atoms with Gasteiger partial charge in [-0.05, 0) is 24.3 Å². The Hall–Kier alpha value is -3.48. The number of hydrogen-bond acceptors (Lipinski definition) is 4. The number of anilines is 1. The molecule has 0 atom stereocenters. The maximum atomic E-state index is 12.2. The zero-order chi connectivity index (χ0) is 17.3. The third kappa shape index (κ3) is 2.63. The summed E-state index contributed by atoms with van der Waals surface area (Å²) in [6, 6.07) is 12.2. The molecule has 0 saturated carbocycles. The average molecular weight is 324 g/mol. The number of carboxylic acids is 1. The second kappa shape index (κ2) is 5.96. The van der Waals surface area contributed by atoms with Gasteiger partial charge in [-0.3, -0.25) is 19.3 Å². The first-order valence-electron chi connectivity index (χ1n) is 7.06. The zero-order valence-corrected chi connectivity index (χ0v) is 12.4. The predicted octanol–water partition coefficient (Wildman–Crippen LogP) is 1.62. The SMILES string of the molecule is O=C(CN1C(=O)c2ccccc2C1=O)Nc1ccccc1C(=O)O. The first-order chi connectivity index (χ1) is 11.5. The molecule has 120 valence electrons. The Morgan fingerprint density at radius 1 is 0.917 bits per heavy atom. The highest BCUT2D eigenvalue weighted by atomic mass is 16.4. The number of amides is 3. The number of nitrogens with one attached hydrogen (secondary N) is 1. The summed E-state index contributed by atoms with van der Waals surface area (Å²) in [6.45, 7) is -0.486. The molecule has 0 fully saturated rings. The van der Waals surface area contributed by atoms with Crippen LogP contribution in [0.2, 0.25) is 0 Å². The van der Waals surface area contributed by atoms with Crippen molar-refractivity contribution in [3.8, 4) is 0 Å². The maximum absolute atomic E-state index is 12.2. The second-order valence-electron chi connectivity index (χ2n) is 5.14. The van der Waals surface area contributed by atoms with E-state index in [9.17, 15) is 19.2 Å². The quantitative estimate of drug-likeness (QED) is 0.832. The van der Waals surface area contributed by atoms with Gasteiger partial charge in [0, 0.05) is 0 Å². The molecule has 2 aromatic carbocycles. The number of para-hydroxylation sites is 1. The maximum Gasteiger partial charge on any atom is 0.337 e. The lowest BCUT2D eigenvalue weighted by Gasteiger charge is -2.14. The van der Waals surface area contributed by atoms with Crippen molar-refractivity contribution in [1.29, 1.82) is 0 Å². The number of carboxylic acid groups (broad SMARTS) is 1. The molecular formula is C17H12N2O5. The Morgan fingerprint density at radius 2 is 1.46 bits per heavy atom. The highest BCUT2D eigenvalue weighted by molar-refractivity contribution is 6.22. The summed E-state index contributed by atoms with van der Waals surface area (Å²) in [4.78, 5) is 48.5. The van der Waals surface area contributed by atoms with Crippen LogP contribution in [0.3, 0.4) is 0 Å². The molecular weight excluding hydrogens is 312 g/mol. The highest BCUT2D eigenvalue weighted by Gasteiger charge is 2.36. The van der Waals surface area contributed by atoms with Gasteiger partial charge in [-0.15, -0.1) is 0 Å². The molecule has 0 aliphatic carbocycles. The van der Waals surface area contributed by atoms with E-state index in [0.717, 1.165) is 4.90 Å². The van der Waals surface area contributed by atoms with E-state index in [2.05, 4.69) is 5.32 Å². The Balaban J connectivity index is 1.77. The van der Waals surface area contributed by atoms with E-state index < -0.39 is 30.2 Å². The van der Waals surface area contributed by atoms with Gasteiger partial charge >= 0.3 is 5.97 Å². The number of rotatable bonds is 4. The van der Waals surface area contributed by atoms with E-state index in [0.29, 0.717) is 0 Å². The van der Waals surface area contributed by atoms with E-state index in [1.165, 1.54) is 30.3 Å². The molecule has 0 unspecified atom stereocenters. The van der Waals surface area contributed by atoms with E-state index in [4.69, 9.17) is 5.11 Å². The van der Waals surface area contributed by atoms with Crippen LogP contribution in [0.1, 0.15) is 31.1 Å². The molecule has 0 saturated heterocycles. The van der Waals surface area contributed by atoms with Crippen LogP contribution in [0.5, 0.6) is 0 Å². The van der Waals surface area contributed by atoms with Crippen molar-refractivity contribution in [2.45, 2.75) is 0 Å². The lowest BCUT2D eigenvalue weighted by Crippen LogP contribution is -2.37. The highest BCUT2D eigenvalue weighted by Crippen LogP contribution is 2.22. The van der Waals surface area contributed by atoms with Crippen molar-refractivity contribution in [3.05, 3.63) is 65.2 Å². The third-order valence-electron chi connectivity index (χ3n) is 3.61. The van der Waals surface area contributed by atoms with Crippen LogP contribution in [0.4, 0.5) is 5.69 Å². The lowest BCUT2D eigenvalue weighted by molar-refractivity contribution is -0.116. The molecule has 7 nitrogen and oxygen atoms in total. The van der Waals surface area contributed by atoms with Gasteiger partial charge in [0.1, 0.15) is 6.54 Å². The van der Waals surface area contributed by atoms with Crippen molar-refractivity contribution < 1.29 is 24.3 Å². The number of fused-ring (bicyclic) bond motifs is 1. The number of imide groups is 1. The largest absolute Gasteiger partial charge is 0.478 e. The molecule has 7 heteroatoms. The van der Waals surface area contributed by atoms with Gasteiger partial charge in [0.15, 0.2) is 0 Å². The lowest BCUT2D eigenvalue weighted by atomic mass is 10.1. The molecule has 2 N–H and O–H groups in total. The number of benzene rings is 2. The molecule has 3 rings (SSSR count). The molecule has 1 aliphatic heterocycles. The number of hydrogen-bond donors (Lipinski definition) is 2. The predicted molar refractivity (Wildman–Crippen MR) is 83.8 cm³/mol. The van der Waals surface area contributed by atoms with E-state index in [1.54, 1.807) is 18.2 Å². The van der Waals surface area contributed by atoms with E-state index >= 15 is 0 Å². The fourth-order valence-electron chi connectivity index (χ4n) is 2.49. The number of aromatic carboxylic acids is 1. The summed E-state index contributed by atoms with van der Waals surface area (Å²) in [5.41, 5.74) is 0.530. The summed E-state index contributed by atoms with van der Waals surface area (Å²) in [7, 11) is 0. The number of carbonyl (C=O) groups excluding carboxylic acids is 3. The Labute approximate surface area is 136 Å². The molecule has 0 radical (unpaired) electrons. The Kier molecular flexibility index (Phi) is 3.83. The van der Waals surface area contributed by atoms with E-state index in [-0.39, 0.29) is 22.4 Å². The van der Waals surface area contributed by atoms with Crippen LogP contribution in [0.15, 0.2) is 48.5 Å². The van der Waals surface area contributed by atoms with Crippen molar-refractivity contribution in [1.82, 2.24) is 4.90 Å². The minimum Gasteiger partial charge on any atom is -0.478 e. The topological polar surface area (TPSA) is 104 Å². The van der Waals surface area contributed by atoms with E-state index in [1.807, 2.05) is 0 Å². The molecule has 3 amide bonds. The van der Waals surface area contributed by atoms with Crippen LogP contribution in [0.25, 0.3) is 0 Å². The van der Waals surface area contributed by atoms with Crippen LogP contribution in [-0.4, -0.2) is 40.2 Å². The first kappa shape index (κ1) is 15.4. The fraction of sp³-hybridized carbons (Fsp3) is 0.0588. The van der Waals surface area contributed by atoms with Crippen molar-refractivity contribution in [2.75, 3.05) is 11.9 Å². The van der Waals surface area contributed by atoms with Crippen LogP contribution >= 0.6 is 0 Å². The fourth-order valence-corrected chi connectivity index (χ4v) is 2.49. The van der Waals surface area contributed by atoms with Gasteiger partial charge in [-0.25, -0.2) is 4.79 Å². The smallest absolute Gasteiger partial charge is 0.337 e. The first-order valence-corrected chi connectivity index (χ1v) is 7.06. The van der Waals surface area contributed by atoms with Crippen LogP contribution < -0.4 is 5.32 Å². The second-order valence-corrected chi connectivity index (χ2v) is 5.14. The monoisotopic (exact) mass is 324 g/mol. The Morgan fingerprint density at radius 3 is 2.04 bits per heavy atom. The number of carbonyl (C=O) groups is 4. The summed E-state index contributed by atoms with van der Waals surface area (Å²) in [5, 5.41) is 11.5. The van der Waals surface area contributed by atoms with Crippen LogP contribution in [-0.2, 0) is 4.79 Å². The van der Waals surface area contributed by atoms with Gasteiger partial charge in [-0.1, -0.05) is 24.3 Å².